The Morgan fingerprint density at radius 1 is 0.844 bits per heavy atom. The van der Waals surface area contributed by atoms with Crippen molar-refractivity contribution in [1.29, 1.82) is 0 Å². The lowest BCUT2D eigenvalue weighted by molar-refractivity contribution is -0.145. The zero-order chi connectivity index (χ0) is 24.1. The molecule has 0 spiro atoms. The fourth-order valence-corrected chi connectivity index (χ4v) is 3.25. The van der Waals surface area contributed by atoms with Gasteiger partial charge in [-0.25, -0.2) is 14.4 Å². The van der Waals surface area contributed by atoms with Crippen LogP contribution in [0.2, 0.25) is 0 Å². The van der Waals surface area contributed by atoms with Crippen molar-refractivity contribution in [2.75, 3.05) is 0 Å². The normalized spacial score (nSPS) is 16.9. The van der Waals surface area contributed by atoms with Gasteiger partial charge in [0, 0.05) is 11.1 Å². The van der Waals surface area contributed by atoms with Gasteiger partial charge >= 0.3 is 23.9 Å². The fraction of sp³-hybridized carbons (Fsp3) is 0.167. The largest absolute Gasteiger partial charge is 0.481 e. The SMILES string of the molecule is CC1(C(=O)O)C=CC=C(C(=O)O)C1.Cc1ccc(C(=O)O)c(-c2ccccc2)c1C(=O)O. The number of aryl methyl sites for hydroxylation is 1. The number of carboxylic acids is 4. The molecule has 0 saturated carbocycles. The van der Waals surface area contributed by atoms with Crippen LogP contribution in [0.1, 0.15) is 39.6 Å². The molecule has 0 fully saturated rings. The molecule has 0 bridgehead atoms. The van der Waals surface area contributed by atoms with Gasteiger partial charge in [-0.15, -0.1) is 0 Å². The first kappa shape index (κ1) is 24.1. The number of hydrogen-bond acceptors (Lipinski definition) is 4. The van der Waals surface area contributed by atoms with Crippen LogP contribution in [0.3, 0.4) is 0 Å². The van der Waals surface area contributed by atoms with Gasteiger partial charge in [-0.2, -0.15) is 0 Å². The molecule has 2 aromatic rings. The van der Waals surface area contributed by atoms with E-state index >= 15 is 0 Å². The molecule has 0 aliphatic heterocycles. The van der Waals surface area contributed by atoms with Gasteiger partial charge in [-0.1, -0.05) is 54.6 Å². The Morgan fingerprint density at radius 3 is 1.97 bits per heavy atom. The Hall–Kier alpha value is -4.20. The van der Waals surface area contributed by atoms with Gasteiger partial charge in [0.15, 0.2) is 0 Å². The molecule has 0 saturated heterocycles. The number of rotatable bonds is 5. The summed E-state index contributed by atoms with van der Waals surface area (Å²) in [6, 6.07) is 11.6. The van der Waals surface area contributed by atoms with Crippen LogP contribution in [-0.4, -0.2) is 44.3 Å². The number of carbonyl (C=O) groups is 4. The van der Waals surface area contributed by atoms with Crippen molar-refractivity contribution >= 4 is 23.9 Å². The monoisotopic (exact) mass is 438 g/mol. The van der Waals surface area contributed by atoms with Gasteiger partial charge < -0.3 is 20.4 Å². The summed E-state index contributed by atoms with van der Waals surface area (Å²) >= 11 is 0. The highest BCUT2D eigenvalue weighted by molar-refractivity contribution is 6.05. The number of hydrogen-bond donors (Lipinski definition) is 4. The topological polar surface area (TPSA) is 149 Å². The highest BCUT2D eigenvalue weighted by atomic mass is 16.4. The second-order valence-corrected chi connectivity index (χ2v) is 7.41. The summed E-state index contributed by atoms with van der Waals surface area (Å²) in [6.07, 6.45) is 4.43. The van der Waals surface area contributed by atoms with Crippen molar-refractivity contribution in [3.63, 3.8) is 0 Å². The van der Waals surface area contributed by atoms with Crippen molar-refractivity contribution in [2.24, 2.45) is 5.41 Å². The minimum absolute atomic E-state index is 0.00537. The van der Waals surface area contributed by atoms with Gasteiger partial charge in [0.1, 0.15) is 0 Å². The highest BCUT2D eigenvalue weighted by Crippen LogP contribution is 2.32. The maximum Gasteiger partial charge on any atom is 0.336 e. The van der Waals surface area contributed by atoms with Gasteiger partial charge in [0.25, 0.3) is 0 Å². The first-order chi connectivity index (χ1) is 15.0. The van der Waals surface area contributed by atoms with E-state index < -0.39 is 29.3 Å². The van der Waals surface area contributed by atoms with E-state index in [4.69, 9.17) is 10.2 Å². The Labute approximate surface area is 183 Å². The molecule has 1 aliphatic rings. The Balaban J connectivity index is 0.000000244. The second kappa shape index (κ2) is 9.74. The van der Waals surface area contributed by atoms with Gasteiger partial charge in [-0.3, -0.25) is 4.79 Å². The van der Waals surface area contributed by atoms with Crippen LogP contribution in [0.5, 0.6) is 0 Å². The zero-order valence-corrected chi connectivity index (χ0v) is 17.4. The quantitative estimate of drug-likeness (QED) is 0.545. The third kappa shape index (κ3) is 5.28. The van der Waals surface area contributed by atoms with E-state index in [-0.39, 0.29) is 28.7 Å². The van der Waals surface area contributed by atoms with Crippen LogP contribution in [-0.2, 0) is 9.59 Å². The first-order valence-electron chi connectivity index (χ1n) is 9.48. The molecule has 2 aromatic carbocycles. The summed E-state index contributed by atoms with van der Waals surface area (Å²) < 4.78 is 0. The van der Waals surface area contributed by atoms with Gasteiger partial charge in [0.2, 0.25) is 0 Å². The van der Waals surface area contributed by atoms with E-state index in [1.807, 2.05) is 0 Å². The van der Waals surface area contributed by atoms with Crippen molar-refractivity contribution < 1.29 is 39.6 Å². The molecule has 1 atom stereocenters. The van der Waals surface area contributed by atoms with Crippen molar-refractivity contribution in [3.8, 4) is 11.1 Å². The molecule has 1 unspecified atom stereocenters. The molecular weight excluding hydrogens is 416 g/mol. The molecule has 0 aromatic heterocycles. The molecule has 0 amide bonds. The van der Waals surface area contributed by atoms with Crippen LogP contribution in [0, 0.1) is 12.3 Å². The van der Waals surface area contributed by atoms with Gasteiger partial charge in [-0.05, 0) is 37.5 Å². The summed E-state index contributed by atoms with van der Waals surface area (Å²) in [5, 5.41) is 36.0. The maximum absolute atomic E-state index is 11.4. The zero-order valence-electron chi connectivity index (χ0n) is 17.4. The molecule has 4 N–H and O–H groups in total. The molecule has 1 aliphatic carbocycles. The number of aromatic carboxylic acids is 2. The third-order valence-electron chi connectivity index (χ3n) is 5.00. The smallest absolute Gasteiger partial charge is 0.336 e. The molecule has 166 valence electrons. The lowest BCUT2D eigenvalue weighted by Gasteiger charge is -2.23. The third-order valence-corrected chi connectivity index (χ3v) is 5.00. The summed E-state index contributed by atoms with van der Waals surface area (Å²) in [5.74, 6) is -4.33. The lowest BCUT2D eigenvalue weighted by Crippen LogP contribution is -2.28. The molecule has 32 heavy (non-hydrogen) atoms. The molecule has 8 heteroatoms. The predicted molar refractivity (Wildman–Crippen MR) is 116 cm³/mol. The number of benzene rings is 2. The minimum Gasteiger partial charge on any atom is -0.481 e. The number of carboxylic acid groups (broad SMARTS) is 4. The average molecular weight is 438 g/mol. The maximum atomic E-state index is 11.4. The molecule has 0 heterocycles. The minimum atomic E-state index is -1.14. The van der Waals surface area contributed by atoms with E-state index in [0.717, 1.165) is 0 Å². The Morgan fingerprint density at radius 2 is 1.47 bits per heavy atom. The number of allylic oxidation sites excluding steroid dienone is 2. The Bertz CT molecular complexity index is 1130. The highest BCUT2D eigenvalue weighted by Gasteiger charge is 2.34. The van der Waals surface area contributed by atoms with E-state index in [0.29, 0.717) is 11.1 Å². The Kier molecular flexibility index (Phi) is 7.33. The fourth-order valence-electron chi connectivity index (χ4n) is 3.25. The molecule has 3 rings (SSSR count). The second-order valence-electron chi connectivity index (χ2n) is 7.41. The van der Waals surface area contributed by atoms with E-state index in [2.05, 4.69) is 0 Å². The van der Waals surface area contributed by atoms with E-state index in [1.54, 1.807) is 37.3 Å². The van der Waals surface area contributed by atoms with Crippen LogP contribution in [0.4, 0.5) is 0 Å². The molecule has 0 radical (unpaired) electrons. The molecule has 8 nitrogen and oxygen atoms in total. The standard InChI is InChI=1S/C15H12O4.C9H10O4/c1-9-7-8-11(14(16)17)13(12(9)15(18)19)10-5-3-2-4-6-10;1-9(8(12)13)4-2-3-6(5-9)7(10)11/h2-8H,1H3,(H,16,17)(H,18,19);2-4H,5H2,1H3,(H,10,11)(H,12,13). The van der Waals surface area contributed by atoms with Crippen molar-refractivity contribution in [2.45, 2.75) is 20.3 Å². The van der Waals surface area contributed by atoms with Crippen molar-refractivity contribution in [3.05, 3.63) is 83.0 Å². The summed E-state index contributed by atoms with van der Waals surface area (Å²) in [7, 11) is 0. The van der Waals surface area contributed by atoms with E-state index in [1.165, 1.54) is 37.3 Å². The first-order valence-corrected chi connectivity index (χ1v) is 9.48. The van der Waals surface area contributed by atoms with E-state index in [9.17, 15) is 29.4 Å². The lowest BCUT2D eigenvalue weighted by atomic mass is 9.80. The van der Waals surface area contributed by atoms with Crippen LogP contribution >= 0.6 is 0 Å². The summed E-state index contributed by atoms with van der Waals surface area (Å²) in [4.78, 5) is 44.0. The summed E-state index contributed by atoms with van der Waals surface area (Å²) in [5.41, 5.74) is 0.452. The predicted octanol–water partition coefficient (Wildman–Crippen LogP) is 4.11. The summed E-state index contributed by atoms with van der Waals surface area (Å²) in [6.45, 7) is 3.16. The molecular formula is C24H22O8. The van der Waals surface area contributed by atoms with Crippen LogP contribution in [0.25, 0.3) is 11.1 Å². The number of aliphatic carboxylic acids is 2. The van der Waals surface area contributed by atoms with Crippen LogP contribution in [0.15, 0.2) is 66.3 Å². The average Bonchev–Trinajstić information content (AvgIpc) is 2.74. The van der Waals surface area contributed by atoms with Crippen molar-refractivity contribution in [1.82, 2.24) is 0 Å². The van der Waals surface area contributed by atoms with Gasteiger partial charge in [0.05, 0.1) is 16.5 Å². The van der Waals surface area contributed by atoms with Crippen LogP contribution < -0.4 is 0 Å².